The first kappa shape index (κ1) is 11.1. The standard InChI is InChI=1S/C18H14N2/c1-3-14(16-5-7-19-11-16)9-18-10-15(4-2-13(1)18)17-6-8-20-12-17/h1-12,19-20H. The molecule has 0 spiro atoms. The Morgan fingerprint density at radius 2 is 1.05 bits per heavy atom. The Balaban J connectivity index is 1.88. The molecule has 0 radical (unpaired) electrons. The Morgan fingerprint density at radius 1 is 0.500 bits per heavy atom. The monoisotopic (exact) mass is 258 g/mol. The average Bonchev–Trinajstić information content (AvgIpc) is 3.19. The van der Waals surface area contributed by atoms with Crippen LogP contribution in [0.1, 0.15) is 0 Å². The normalized spacial score (nSPS) is 11.0. The van der Waals surface area contributed by atoms with Gasteiger partial charge in [0.25, 0.3) is 0 Å². The highest BCUT2D eigenvalue weighted by Gasteiger charge is 2.03. The number of hydrogen-bond acceptors (Lipinski definition) is 0. The lowest BCUT2D eigenvalue weighted by atomic mass is 10.00. The van der Waals surface area contributed by atoms with E-state index in [1.54, 1.807) is 0 Å². The minimum Gasteiger partial charge on any atom is -0.367 e. The summed E-state index contributed by atoms with van der Waals surface area (Å²) in [5, 5.41) is 2.53. The molecule has 2 aromatic carbocycles. The molecule has 0 bridgehead atoms. The number of benzene rings is 2. The van der Waals surface area contributed by atoms with Gasteiger partial charge in [0.2, 0.25) is 0 Å². The first-order valence-corrected chi connectivity index (χ1v) is 6.70. The fraction of sp³-hybridized carbons (Fsp3) is 0. The van der Waals surface area contributed by atoms with Gasteiger partial charge in [-0.05, 0) is 57.3 Å². The zero-order chi connectivity index (χ0) is 13.4. The summed E-state index contributed by atoms with van der Waals surface area (Å²) in [5.74, 6) is 0. The molecule has 20 heavy (non-hydrogen) atoms. The molecule has 0 unspecified atom stereocenters. The third-order valence-electron chi connectivity index (χ3n) is 3.70. The van der Waals surface area contributed by atoms with Gasteiger partial charge >= 0.3 is 0 Å². The summed E-state index contributed by atoms with van der Waals surface area (Å²) in [4.78, 5) is 6.21. The highest BCUT2D eigenvalue weighted by molar-refractivity contribution is 5.90. The van der Waals surface area contributed by atoms with Gasteiger partial charge in [0, 0.05) is 24.8 Å². The van der Waals surface area contributed by atoms with Crippen molar-refractivity contribution < 1.29 is 0 Å². The van der Waals surface area contributed by atoms with Crippen LogP contribution in [0.2, 0.25) is 0 Å². The van der Waals surface area contributed by atoms with Gasteiger partial charge in [-0.2, -0.15) is 0 Å². The van der Waals surface area contributed by atoms with Crippen molar-refractivity contribution in [2.75, 3.05) is 0 Å². The molecular formula is C18H14N2. The summed E-state index contributed by atoms with van der Waals surface area (Å²) in [6.45, 7) is 0. The Hall–Kier alpha value is -2.74. The topological polar surface area (TPSA) is 31.6 Å². The van der Waals surface area contributed by atoms with Gasteiger partial charge in [0.15, 0.2) is 0 Å². The van der Waals surface area contributed by atoms with Crippen LogP contribution in [-0.2, 0) is 0 Å². The maximum absolute atomic E-state index is 3.11. The van der Waals surface area contributed by atoms with Gasteiger partial charge in [-0.25, -0.2) is 0 Å². The lowest BCUT2D eigenvalue weighted by Gasteiger charge is -2.05. The van der Waals surface area contributed by atoms with E-state index in [-0.39, 0.29) is 0 Å². The molecule has 2 aromatic heterocycles. The summed E-state index contributed by atoms with van der Waals surface area (Å²) in [7, 11) is 0. The van der Waals surface area contributed by atoms with E-state index in [0.717, 1.165) is 0 Å². The van der Waals surface area contributed by atoms with Gasteiger partial charge in [-0.3, -0.25) is 0 Å². The van der Waals surface area contributed by atoms with Gasteiger partial charge in [0.1, 0.15) is 0 Å². The maximum Gasteiger partial charge on any atom is 0.00841 e. The lowest BCUT2D eigenvalue weighted by molar-refractivity contribution is 1.41. The molecule has 96 valence electrons. The number of aromatic nitrogens is 2. The largest absolute Gasteiger partial charge is 0.367 e. The minimum absolute atomic E-state index is 1.22. The first-order valence-electron chi connectivity index (χ1n) is 6.70. The number of fused-ring (bicyclic) bond motifs is 1. The van der Waals surface area contributed by atoms with Crippen LogP contribution in [0.3, 0.4) is 0 Å². The Bertz CT molecular complexity index is 771. The van der Waals surface area contributed by atoms with Crippen LogP contribution in [-0.4, -0.2) is 9.97 Å². The van der Waals surface area contributed by atoms with Gasteiger partial charge in [-0.1, -0.05) is 24.3 Å². The van der Waals surface area contributed by atoms with Crippen LogP contribution < -0.4 is 0 Å². The molecule has 4 aromatic rings. The third-order valence-corrected chi connectivity index (χ3v) is 3.70. The van der Waals surface area contributed by atoms with Crippen molar-refractivity contribution in [1.82, 2.24) is 9.97 Å². The van der Waals surface area contributed by atoms with E-state index >= 15 is 0 Å². The summed E-state index contributed by atoms with van der Waals surface area (Å²) in [6, 6.07) is 17.4. The third kappa shape index (κ3) is 1.82. The molecule has 4 rings (SSSR count). The molecule has 0 aliphatic carbocycles. The van der Waals surface area contributed by atoms with Crippen LogP contribution in [0, 0.1) is 0 Å². The lowest BCUT2D eigenvalue weighted by Crippen LogP contribution is -1.79. The molecule has 2 nitrogen and oxygen atoms in total. The zero-order valence-corrected chi connectivity index (χ0v) is 10.9. The van der Waals surface area contributed by atoms with Crippen molar-refractivity contribution in [3.05, 3.63) is 73.3 Å². The Kier molecular flexibility index (Phi) is 2.46. The van der Waals surface area contributed by atoms with Gasteiger partial charge in [-0.15, -0.1) is 0 Å². The van der Waals surface area contributed by atoms with Gasteiger partial charge < -0.3 is 9.97 Å². The van der Waals surface area contributed by atoms with Crippen LogP contribution in [0.4, 0.5) is 0 Å². The maximum atomic E-state index is 3.11. The molecule has 0 amide bonds. The first-order chi connectivity index (χ1) is 9.90. The molecule has 2 heterocycles. The van der Waals surface area contributed by atoms with Gasteiger partial charge in [0.05, 0.1) is 0 Å². The molecular weight excluding hydrogens is 244 g/mol. The second-order valence-electron chi connectivity index (χ2n) is 4.98. The zero-order valence-electron chi connectivity index (χ0n) is 10.9. The van der Waals surface area contributed by atoms with E-state index < -0.39 is 0 Å². The SMILES string of the molecule is c1cc(-c2ccc3ccc(-c4cc[nH]c4)cc3c2)c[nH]1. The minimum atomic E-state index is 1.22. The Morgan fingerprint density at radius 3 is 1.50 bits per heavy atom. The summed E-state index contributed by atoms with van der Waals surface area (Å²) < 4.78 is 0. The van der Waals surface area contributed by atoms with Crippen molar-refractivity contribution >= 4 is 10.8 Å². The molecule has 0 atom stereocenters. The van der Waals surface area contributed by atoms with E-state index in [9.17, 15) is 0 Å². The molecule has 0 aliphatic rings. The number of hydrogen-bond donors (Lipinski definition) is 2. The van der Waals surface area contributed by atoms with E-state index in [1.807, 2.05) is 24.8 Å². The van der Waals surface area contributed by atoms with E-state index in [0.29, 0.717) is 0 Å². The van der Waals surface area contributed by atoms with Crippen LogP contribution in [0.5, 0.6) is 0 Å². The van der Waals surface area contributed by atoms with Crippen molar-refractivity contribution in [3.63, 3.8) is 0 Å². The van der Waals surface area contributed by atoms with Crippen LogP contribution in [0.15, 0.2) is 73.3 Å². The Labute approximate surface area is 117 Å². The number of rotatable bonds is 2. The fourth-order valence-electron chi connectivity index (χ4n) is 2.61. The van der Waals surface area contributed by atoms with Crippen molar-refractivity contribution in [2.24, 2.45) is 0 Å². The summed E-state index contributed by atoms with van der Waals surface area (Å²) in [5.41, 5.74) is 4.92. The number of H-pyrrole nitrogens is 2. The molecule has 0 saturated carbocycles. The van der Waals surface area contributed by atoms with Crippen molar-refractivity contribution in [3.8, 4) is 22.3 Å². The van der Waals surface area contributed by atoms with Crippen LogP contribution >= 0.6 is 0 Å². The van der Waals surface area contributed by atoms with Crippen molar-refractivity contribution in [2.45, 2.75) is 0 Å². The molecule has 2 heteroatoms. The van der Waals surface area contributed by atoms with E-state index in [4.69, 9.17) is 0 Å². The molecule has 2 N–H and O–H groups in total. The second kappa shape index (κ2) is 4.42. The average molecular weight is 258 g/mol. The molecule has 0 fully saturated rings. The fourth-order valence-corrected chi connectivity index (χ4v) is 2.61. The van der Waals surface area contributed by atoms with Crippen LogP contribution in [0.25, 0.3) is 33.0 Å². The molecule has 0 aliphatic heterocycles. The predicted molar refractivity (Wildman–Crippen MR) is 83.5 cm³/mol. The smallest absolute Gasteiger partial charge is 0.00841 e. The highest BCUT2D eigenvalue weighted by Crippen LogP contribution is 2.28. The van der Waals surface area contributed by atoms with E-state index in [1.165, 1.54) is 33.0 Å². The summed E-state index contributed by atoms with van der Waals surface area (Å²) >= 11 is 0. The molecule has 0 saturated heterocycles. The number of aromatic amines is 2. The predicted octanol–water partition coefficient (Wildman–Crippen LogP) is 4.83. The van der Waals surface area contributed by atoms with Crippen molar-refractivity contribution in [1.29, 1.82) is 0 Å². The second-order valence-corrected chi connectivity index (χ2v) is 4.98. The quantitative estimate of drug-likeness (QED) is 0.516. The highest BCUT2D eigenvalue weighted by atomic mass is 14.6. The summed E-state index contributed by atoms with van der Waals surface area (Å²) in [6.07, 6.45) is 7.96. The van der Waals surface area contributed by atoms with E-state index in [2.05, 4.69) is 58.5 Å². The number of nitrogens with one attached hydrogen (secondary N) is 2.